The first-order valence-corrected chi connectivity index (χ1v) is 11.9. The first-order valence-electron chi connectivity index (χ1n) is 11.9. The Morgan fingerprint density at radius 2 is 1.69 bits per heavy atom. The van der Waals surface area contributed by atoms with Crippen molar-refractivity contribution in [3.8, 4) is 11.5 Å². The number of quaternary nitrogens is 2. The summed E-state index contributed by atoms with van der Waals surface area (Å²) in [6.45, 7) is 6.98. The summed E-state index contributed by atoms with van der Waals surface area (Å²) < 4.78 is 4.18. The highest BCUT2D eigenvalue weighted by molar-refractivity contribution is 5.79. The van der Waals surface area contributed by atoms with Crippen LogP contribution in [0.4, 0.5) is 0 Å². The van der Waals surface area contributed by atoms with E-state index < -0.39 is 0 Å². The number of rotatable bonds is 5. The van der Waals surface area contributed by atoms with E-state index in [9.17, 15) is 4.79 Å². The Bertz CT molecular complexity index is 1010. The highest BCUT2D eigenvalue weighted by Crippen LogP contribution is 2.20. The second-order valence-electron chi connectivity index (χ2n) is 9.31. The number of hydrogen-bond donors (Lipinski definition) is 2. The quantitative estimate of drug-likeness (QED) is 0.585. The van der Waals surface area contributed by atoms with E-state index in [1.807, 2.05) is 29.1 Å². The molecule has 0 unspecified atom stereocenters. The fourth-order valence-corrected chi connectivity index (χ4v) is 5.10. The van der Waals surface area contributed by atoms with Crippen molar-refractivity contribution in [2.75, 3.05) is 46.3 Å². The van der Waals surface area contributed by atoms with Crippen molar-refractivity contribution >= 4 is 5.91 Å². The van der Waals surface area contributed by atoms with Gasteiger partial charge in [0.15, 0.2) is 0 Å². The van der Waals surface area contributed by atoms with E-state index >= 15 is 0 Å². The summed E-state index contributed by atoms with van der Waals surface area (Å²) in [5.74, 6) is 1.70. The van der Waals surface area contributed by atoms with E-state index in [1.165, 1.54) is 15.4 Å². The first-order chi connectivity index (χ1) is 15.7. The van der Waals surface area contributed by atoms with Crippen molar-refractivity contribution in [2.24, 2.45) is 5.92 Å². The number of carbonyl (C=O) groups is 1. The van der Waals surface area contributed by atoms with Gasteiger partial charge in [0.05, 0.1) is 63.8 Å². The standard InChI is InChI=1S/C25H32N6O/c1-27-15-17-30(18-16-27)25(32)21-9-13-28(14-10-21)20-22-19-26-31(23-7-3-2-4-8-23)24(22)29-11-5-6-12-29/h2-8,11-12,19,21H,9-10,13-18,20H2,1H3/p+2. The molecule has 2 N–H and O–H groups in total. The van der Waals surface area contributed by atoms with Crippen LogP contribution in [0.5, 0.6) is 0 Å². The molecule has 0 radical (unpaired) electrons. The van der Waals surface area contributed by atoms with E-state index in [0.717, 1.165) is 70.2 Å². The molecule has 0 spiro atoms. The van der Waals surface area contributed by atoms with Gasteiger partial charge < -0.3 is 19.3 Å². The van der Waals surface area contributed by atoms with Crippen LogP contribution in [0.2, 0.25) is 0 Å². The summed E-state index contributed by atoms with van der Waals surface area (Å²) in [4.78, 5) is 18.2. The van der Waals surface area contributed by atoms with Crippen LogP contribution in [-0.2, 0) is 11.3 Å². The van der Waals surface area contributed by atoms with Crippen molar-refractivity contribution in [1.29, 1.82) is 0 Å². The van der Waals surface area contributed by atoms with Gasteiger partial charge >= 0.3 is 0 Å². The Morgan fingerprint density at radius 3 is 2.38 bits per heavy atom. The highest BCUT2D eigenvalue weighted by atomic mass is 16.2. The topological polar surface area (TPSA) is 51.9 Å². The third kappa shape index (κ3) is 4.36. The van der Waals surface area contributed by atoms with E-state index in [0.29, 0.717) is 5.91 Å². The van der Waals surface area contributed by atoms with Crippen LogP contribution in [0.15, 0.2) is 61.1 Å². The van der Waals surface area contributed by atoms with Crippen LogP contribution in [-0.4, -0.2) is 71.5 Å². The largest absolute Gasteiger partial charge is 0.334 e. The van der Waals surface area contributed by atoms with Crippen LogP contribution in [0.1, 0.15) is 18.4 Å². The van der Waals surface area contributed by atoms with Crippen LogP contribution in [0.25, 0.3) is 11.5 Å². The molecule has 7 nitrogen and oxygen atoms in total. The molecule has 7 heteroatoms. The number of benzene rings is 1. The summed E-state index contributed by atoms with van der Waals surface area (Å²) >= 11 is 0. The Balaban J connectivity index is 1.27. The number of nitrogens with zero attached hydrogens (tertiary/aromatic N) is 4. The molecule has 2 aromatic heterocycles. The lowest BCUT2D eigenvalue weighted by Crippen LogP contribution is -3.12. The number of nitrogens with one attached hydrogen (secondary N) is 2. The van der Waals surface area contributed by atoms with E-state index in [-0.39, 0.29) is 5.92 Å². The molecule has 2 saturated heterocycles. The molecule has 4 heterocycles. The van der Waals surface area contributed by atoms with Crippen molar-refractivity contribution in [3.05, 3.63) is 66.6 Å². The molecule has 32 heavy (non-hydrogen) atoms. The molecule has 0 atom stereocenters. The van der Waals surface area contributed by atoms with Crippen molar-refractivity contribution in [1.82, 2.24) is 19.2 Å². The summed E-state index contributed by atoms with van der Waals surface area (Å²) in [5.41, 5.74) is 2.31. The maximum atomic E-state index is 13.0. The van der Waals surface area contributed by atoms with Gasteiger partial charge in [0.2, 0.25) is 5.91 Å². The fourth-order valence-electron chi connectivity index (χ4n) is 5.10. The molecule has 5 rings (SSSR count). The van der Waals surface area contributed by atoms with Gasteiger partial charge in [-0.05, 0) is 24.3 Å². The van der Waals surface area contributed by atoms with Gasteiger partial charge in [0.1, 0.15) is 12.4 Å². The number of piperazine rings is 1. The predicted octanol–water partition coefficient (Wildman–Crippen LogP) is -0.185. The zero-order valence-electron chi connectivity index (χ0n) is 18.9. The van der Waals surface area contributed by atoms with Crippen LogP contribution in [0, 0.1) is 5.92 Å². The summed E-state index contributed by atoms with van der Waals surface area (Å²) in [6, 6.07) is 14.4. The second-order valence-corrected chi connectivity index (χ2v) is 9.31. The third-order valence-electron chi connectivity index (χ3n) is 7.08. The van der Waals surface area contributed by atoms with Crippen LogP contribution >= 0.6 is 0 Å². The minimum atomic E-state index is 0.202. The molecule has 2 aliphatic rings. The molecular weight excluding hydrogens is 400 g/mol. The zero-order chi connectivity index (χ0) is 21.9. The zero-order valence-corrected chi connectivity index (χ0v) is 18.9. The normalized spacial score (nSPS) is 22.2. The maximum Gasteiger partial charge on any atom is 0.226 e. The van der Waals surface area contributed by atoms with Crippen LogP contribution < -0.4 is 9.80 Å². The number of likely N-dealkylation sites (N-methyl/N-ethyl adjacent to an activating group) is 1. The number of hydrogen-bond acceptors (Lipinski definition) is 2. The number of aromatic nitrogens is 3. The van der Waals surface area contributed by atoms with Gasteiger partial charge in [0, 0.05) is 31.2 Å². The second kappa shape index (κ2) is 9.30. The number of amides is 1. The number of likely N-dealkylation sites (tertiary alicyclic amines) is 1. The molecule has 1 amide bonds. The number of piperidine rings is 1. The van der Waals surface area contributed by atoms with Crippen molar-refractivity contribution < 1.29 is 14.6 Å². The summed E-state index contributed by atoms with van der Waals surface area (Å²) in [5, 5.41) is 4.74. The predicted molar refractivity (Wildman–Crippen MR) is 123 cm³/mol. The Hall–Kier alpha value is -2.90. The Labute approximate surface area is 189 Å². The Kier molecular flexibility index (Phi) is 6.10. The van der Waals surface area contributed by atoms with Gasteiger partial charge in [-0.2, -0.15) is 5.10 Å². The van der Waals surface area contributed by atoms with Gasteiger partial charge in [-0.3, -0.25) is 4.79 Å². The molecule has 0 bridgehead atoms. The van der Waals surface area contributed by atoms with E-state index in [4.69, 9.17) is 5.10 Å². The molecular formula is C25H34N6O+2. The average Bonchev–Trinajstić information content (AvgIpc) is 3.50. The molecule has 2 aliphatic heterocycles. The molecule has 0 aliphatic carbocycles. The number of carbonyl (C=O) groups excluding carboxylic acids is 1. The molecule has 168 valence electrons. The van der Waals surface area contributed by atoms with Crippen molar-refractivity contribution in [2.45, 2.75) is 19.4 Å². The SMILES string of the molecule is C[NH+]1CCN(C(=O)C2CC[NH+](Cc3cnn(-c4ccccc4)c3-n3cccc3)CC2)CC1. The van der Waals surface area contributed by atoms with Crippen LogP contribution in [0.3, 0.4) is 0 Å². The molecule has 0 saturated carbocycles. The lowest BCUT2D eigenvalue weighted by atomic mass is 9.94. The Morgan fingerprint density at radius 1 is 1.00 bits per heavy atom. The lowest BCUT2D eigenvalue weighted by molar-refractivity contribution is -0.919. The smallest absolute Gasteiger partial charge is 0.226 e. The minimum Gasteiger partial charge on any atom is -0.334 e. The van der Waals surface area contributed by atoms with Gasteiger partial charge in [-0.15, -0.1) is 0 Å². The maximum absolute atomic E-state index is 13.0. The third-order valence-corrected chi connectivity index (χ3v) is 7.08. The minimum absolute atomic E-state index is 0.202. The van der Waals surface area contributed by atoms with E-state index in [1.54, 1.807) is 0 Å². The fraction of sp³-hybridized carbons (Fsp3) is 0.440. The van der Waals surface area contributed by atoms with Crippen molar-refractivity contribution in [3.63, 3.8) is 0 Å². The lowest BCUT2D eigenvalue weighted by Gasteiger charge is -2.35. The van der Waals surface area contributed by atoms with E-state index in [2.05, 4.69) is 53.2 Å². The molecule has 3 aromatic rings. The van der Waals surface area contributed by atoms with Gasteiger partial charge in [-0.1, -0.05) is 18.2 Å². The molecule has 1 aromatic carbocycles. The van der Waals surface area contributed by atoms with Gasteiger partial charge in [-0.25, -0.2) is 4.68 Å². The molecule has 2 fully saturated rings. The first kappa shape index (κ1) is 21.0. The highest BCUT2D eigenvalue weighted by Gasteiger charge is 2.33. The number of para-hydroxylation sites is 1. The summed E-state index contributed by atoms with van der Waals surface area (Å²) in [7, 11) is 2.21. The van der Waals surface area contributed by atoms with Gasteiger partial charge in [0.25, 0.3) is 0 Å². The average molecular weight is 435 g/mol. The summed E-state index contributed by atoms with van der Waals surface area (Å²) in [6.07, 6.45) is 8.15. The monoisotopic (exact) mass is 434 g/mol.